The van der Waals surface area contributed by atoms with Crippen molar-refractivity contribution in [1.29, 1.82) is 0 Å². The lowest BCUT2D eigenvalue weighted by molar-refractivity contribution is 0.322. The molecule has 0 aliphatic carbocycles. The molecule has 3 rings (SSSR count). The number of hydrogen-bond donors (Lipinski definition) is 1. The molecule has 1 heterocycles. The van der Waals surface area contributed by atoms with Crippen LogP contribution in [0.25, 0.3) is 0 Å². The maximum atomic E-state index is 5.79. The zero-order valence-corrected chi connectivity index (χ0v) is 13.5. The molecular weight excluding hydrogens is 328 g/mol. The van der Waals surface area contributed by atoms with Crippen molar-refractivity contribution < 1.29 is 4.74 Å². The molecule has 21 heavy (non-hydrogen) atoms. The molecule has 0 saturated carbocycles. The Morgan fingerprint density at radius 3 is 2.81 bits per heavy atom. The molecular formula is C17H19BrN2O. The predicted molar refractivity (Wildman–Crippen MR) is 91.4 cm³/mol. The molecule has 0 spiro atoms. The molecule has 110 valence electrons. The summed E-state index contributed by atoms with van der Waals surface area (Å²) in [6, 6.07) is 16.5. The molecule has 1 aliphatic heterocycles. The van der Waals surface area contributed by atoms with Crippen molar-refractivity contribution in [3.05, 3.63) is 53.0 Å². The van der Waals surface area contributed by atoms with Crippen molar-refractivity contribution in [2.24, 2.45) is 0 Å². The van der Waals surface area contributed by atoms with Crippen molar-refractivity contribution >= 4 is 27.3 Å². The summed E-state index contributed by atoms with van der Waals surface area (Å²) in [5, 5.41) is 3.48. The van der Waals surface area contributed by atoms with Gasteiger partial charge in [-0.1, -0.05) is 24.3 Å². The van der Waals surface area contributed by atoms with Crippen LogP contribution in [-0.2, 0) is 0 Å². The molecule has 0 saturated heterocycles. The molecule has 2 aromatic rings. The molecule has 3 nitrogen and oxygen atoms in total. The number of halogens is 1. The van der Waals surface area contributed by atoms with Crippen LogP contribution in [0.3, 0.4) is 0 Å². The van der Waals surface area contributed by atoms with Crippen LogP contribution < -0.4 is 15.0 Å². The van der Waals surface area contributed by atoms with E-state index in [1.165, 1.54) is 5.69 Å². The van der Waals surface area contributed by atoms with Gasteiger partial charge in [-0.05, 0) is 46.6 Å². The van der Waals surface area contributed by atoms with Gasteiger partial charge in [0.2, 0.25) is 0 Å². The third-order valence-electron chi connectivity index (χ3n) is 3.61. The first-order valence-corrected chi connectivity index (χ1v) is 8.09. The van der Waals surface area contributed by atoms with E-state index in [1.807, 2.05) is 18.2 Å². The summed E-state index contributed by atoms with van der Waals surface area (Å²) in [5.41, 5.74) is 2.33. The lowest BCUT2D eigenvalue weighted by Crippen LogP contribution is -2.29. The van der Waals surface area contributed by atoms with Gasteiger partial charge in [0.15, 0.2) is 0 Å². The highest BCUT2D eigenvalue weighted by Gasteiger charge is 2.15. The largest absolute Gasteiger partial charge is 0.491 e. The number of fused-ring (bicyclic) bond motifs is 1. The summed E-state index contributed by atoms with van der Waals surface area (Å²) in [6.45, 7) is 3.69. The molecule has 0 atom stereocenters. The number of hydrogen-bond acceptors (Lipinski definition) is 3. The second kappa shape index (κ2) is 6.85. The summed E-state index contributed by atoms with van der Waals surface area (Å²) in [7, 11) is 0. The minimum atomic E-state index is 0.797. The summed E-state index contributed by atoms with van der Waals surface area (Å²) in [6.07, 6.45) is 1.06. The van der Waals surface area contributed by atoms with Crippen molar-refractivity contribution in [2.75, 3.05) is 36.5 Å². The smallest absolute Gasteiger partial charge is 0.142 e. The van der Waals surface area contributed by atoms with Crippen LogP contribution in [0.5, 0.6) is 5.75 Å². The van der Waals surface area contributed by atoms with Crippen LogP contribution in [0, 0.1) is 0 Å². The fourth-order valence-electron chi connectivity index (χ4n) is 2.56. The van der Waals surface area contributed by atoms with Crippen molar-refractivity contribution in [2.45, 2.75) is 6.42 Å². The number of ether oxygens (including phenoxy) is 1. The van der Waals surface area contributed by atoms with Gasteiger partial charge in [0.1, 0.15) is 5.75 Å². The van der Waals surface area contributed by atoms with Crippen molar-refractivity contribution in [1.82, 2.24) is 0 Å². The second-order valence-electron chi connectivity index (χ2n) is 5.06. The quantitative estimate of drug-likeness (QED) is 0.899. The minimum absolute atomic E-state index is 0.797. The van der Waals surface area contributed by atoms with E-state index in [2.05, 4.69) is 56.5 Å². The Hall–Kier alpha value is -1.68. The van der Waals surface area contributed by atoms with Gasteiger partial charge in [0.25, 0.3) is 0 Å². The average molecular weight is 347 g/mol. The predicted octanol–water partition coefficient (Wildman–Crippen LogP) is 4.15. The fraction of sp³-hybridized carbons (Fsp3) is 0.294. The Kier molecular flexibility index (Phi) is 4.65. The van der Waals surface area contributed by atoms with E-state index >= 15 is 0 Å². The molecule has 2 aromatic carbocycles. The minimum Gasteiger partial charge on any atom is -0.491 e. The Balaban J connectivity index is 1.64. The lowest BCUT2D eigenvalue weighted by Gasteiger charge is -2.24. The lowest BCUT2D eigenvalue weighted by atomic mass is 10.2. The zero-order valence-electron chi connectivity index (χ0n) is 11.9. The van der Waals surface area contributed by atoms with Gasteiger partial charge in [-0.2, -0.15) is 0 Å². The van der Waals surface area contributed by atoms with Crippen LogP contribution in [0.15, 0.2) is 53.0 Å². The Morgan fingerprint density at radius 1 is 1.10 bits per heavy atom. The fourth-order valence-corrected chi connectivity index (χ4v) is 2.99. The molecule has 0 radical (unpaired) electrons. The number of anilines is 2. The van der Waals surface area contributed by atoms with Crippen molar-refractivity contribution in [3.63, 3.8) is 0 Å². The summed E-state index contributed by atoms with van der Waals surface area (Å²) in [4.78, 5) is 2.40. The van der Waals surface area contributed by atoms with Gasteiger partial charge < -0.3 is 15.0 Å². The maximum absolute atomic E-state index is 5.79. The Morgan fingerprint density at radius 2 is 1.90 bits per heavy atom. The van der Waals surface area contributed by atoms with Gasteiger partial charge in [-0.15, -0.1) is 0 Å². The molecule has 1 N–H and O–H groups in total. The number of para-hydroxylation sites is 3. The zero-order chi connectivity index (χ0) is 14.5. The highest BCUT2D eigenvalue weighted by atomic mass is 79.9. The molecule has 0 unspecified atom stereocenters. The van der Waals surface area contributed by atoms with E-state index in [0.29, 0.717) is 0 Å². The second-order valence-corrected chi connectivity index (χ2v) is 5.92. The number of benzene rings is 2. The molecule has 0 fully saturated rings. The Bertz CT molecular complexity index is 603. The molecule has 0 amide bonds. The van der Waals surface area contributed by atoms with Crippen molar-refractivity contribution in [3.8, 4) is 5.75 Å². The molecule has 0 aromatic heterocycles. The monoisotopic (exact) mass is 346 g/mol. The van der Waals surface area contributed by atoms with E-state index in [9.17, 15) is 0 Å². The summed E-state index contributed by atoms with van der Waals surface area (Å²) >= 11 is 3.56. The topological polar surface area (TPSA) is 24.5 Å². The first kappa shape index (κ1) is 14.3. The van der Waals surface area contributed by atoms with Crippen LogP contribution in [0.2, 0.25) is 0 Å². The van der Waals surface area contributed by atoms with Gasteiger partial charge in [-0.3, -0.25) is 0 Å². The van der Waals surface area contributed by atoms with Gasteiger partial charge in [0.05, 0.1) is 12.3 Å². The van der Waals surface area contributed by atoms with E-state index in [1.54, 1.807) is 0 Å². The van der Waals surface area contributed by atoms with E-state index < -0.39 is 0 Å². The number of nitrogens with zero attached hydrogens (tertiary/aromatic N) is 1. The normalized spacial score (nSPS) is 14.0. The third-order valence-corrected chi connectivity index (χ3v) is 4.30. The van der Waals surface area contributed by atoms with Crippen LogP contribution in [-0.4, -0.2) is 26.2 Å². The first-order valence-electron chi connectivity index (χ1n) is 7.30. The highest BCUT2D eigenvalue weighted by molar-refractivity contribution is 9.10. The molecule has 4 heteroatoms. The third kappa shape index (κ3) is 3.50. The van der Waals surface area contributed by atoms with Crippen LogP contribution in [0.1, 0.15) is 6.42 Å². The highest BCUT2D eigenvalue weighted by Crippen LogP contribution is 2.30. The maximum Gasteiger partial charge on any atom is 0.142 e. The molecule has 1 aliphatic rings. The first-order chi connectivity index (χ1) is 10.3. The van der Waals surface area contributed by atoms with Gasteiger partial charge in [0, 0.05) is 29.8 Å². The van der Waals surface area contributed by atoms with Crippen LogP contribution in [0.4, 0.5) is 11.4 Å². The van der Waals surface area contributed by atoms with E-state index in [-0.39, 0.29) is 0 Å². The van der Waals surface area contributed by atoms with Crippen LogP contribution >= 0.6 is 15.9 Å². The standard InChI is InChI=1S/C17H19BrN2O/c18-14-6-1-2-7-15(14)19-10-12-20-11-5-13-21-17-9-4-3-8-16(17)20/h1-4,6-9,19H,5,10-13H2. The summed E-state index contributed by atoms with van der Waals surface area (Å²) in [5.74, 6) is 0.996. The number of nitrogens with one attached hydrogen (secondary N) is 1. The van der Waals surface area contributed by atoms with E-state index in [4.69, 9.17) is 4.74 Å². The number of rotatable bonds is 4. The van der Waals surface area contributed by atoms with Gasteiger partial charge in [-0.25, -0.2) is 0 Å². The SMILES string of the molecule is Brc1ccccc1NCCN1CCCOc2ccccc21. The van der Waals surface area contributed by atoms with Gasteiger partial charge >= 0.3 is 0 Å². The molecule has 0 bridgehead atoms. The average Bonchev–Trinajstić information content (AvgIpc) is 2.72. The van der Waals surface area contributed by atoms with E-state index in [0.717, 1.165) is 48.6 Å². The summed E-state index contributed by atoms with van der Waals surface area (Å²) < 4.78 is 6.89. The Labute approximate surface area is 134 Å².